The van der Waals surface area contributed by atoms with Crippen LogP contribution in [0.5, 0.6) is 5.06 Å². The van der Waals surface area contributed by atoms with Gasteiger partial charge in [0.25, 0.3) is 5.91 Å². The highest BCUT2D eigenvalue weighted by Crippen LogP contribution is 2.43. The highest BCUT2D eigenvalue weighted by molar-refractivity contribution is 7.18. The number of rotatable bonds is 4. The van der Waals surface area contributed by atoms with E-state index in [4.69, 9.17) is 21.4 Å². The lowest BCUT2D eigenvalue weighted by Gasteiger charge is -2.17. The van der Waals surface area contributed by atoms with Crippen LogP contribution in [0.3, 0.4) is 0 Å². The number of nitrogens with zero attached hydrogens (tertiary/aromatic N) is 1. The first-order valence-electron chi connectivity index (χ1n) is 7.59. The second kappa shape index (κ2) is 7.59. The van der Waals surface area contributed by atoms with Gasteiger partial charge < -0.3 is 14.7 Å². The molecule has 0 aliphatic rings. The molecule has 0 fully saturated rings. The number of hydrogen-bond acceptors (Lipinski definition) is 4. The van der Waals surface area contributed by atoms with Crippen LogP contribution in [0.4, 0.5) is 10.5 Å². The Morgan fingerprint density at radius 2 is 1.73 bits per heavy atom. The highest BCUT2D eigenvalue weighted by Gasteiger charge is 2.22. The van der Waals surface area contributed by atoms with Crippen LogP contribution in [-0.4, -0.2) is 24.2 Å². The number of thiophene rings is 1. The predicted octanol–water partition coefficient (Wildman–Crippen LogP) is 5.40. The lowest BCUT2D eigenvalue weighted by molar-refractivity contribution is 0.0991. The Labute approximate surface area is 159 Å². The van der Waals surface area contributed by atoms with Crippen LogP contribution in [0.25, 0.3) is 10.4 Å². The normalized spacial score (nSPS) is 10.4. The number of carbonyl (C=O) groups is 2. The second-order valence-corrected chi connectivity index (χ2v) is 6.84. The van der Waals surface area contributed by atoms with E-state index < -0.39 is 6.16 Å². The fourth-order valence-corrected chi connectivity index (χ4v) is 3.55. The molecule has 0 radical (unpaired) electrons. The molecule has 1 amide bonds. The molecule has 0 unspecified atom stereocenters. The van der Waals surface area contributed by atoms with Crippen molar-refractivity contribution >= 4 is 40.7 Å². The summed E-state index contributed by atoms with van der Waals surface area (Å²) in [7, 11) is 1.57. The Bertz CT molecular complexity index is 938. The molecule has 2 aromatic carbocycles. The smallest absolute Gasteiger partial charge is 0.449 e. The minimum Gasteiger partial charge on any atom is -0.449 e. The quantitative estimate of drug-likeness (QED) is 0.608. The SMILES string of the molecule is CN(C(=O)c1ccc(Cl)cc1)c1cc(-c2ccccc2)sc1OC(=O)O. The molecule has 0 aliphatic heterocycles. The van der Waals surface area contributed by atoms with Crippen LogP contribution in [0.2, 0.25) is 5.02 Å². The van der Waals surface area contributed by atoms with Crippen molar-refractivity contribution in [3.05, 3.63) is 71.2 Å². The average molecular weight is 388 g/mol. The standard InChI is InChI=1S/C19H14ClNO4S/c1-21(17(22)13-7-9-14(20)10-8-13)15-11-16(12-5-3-2-4-6-12)26-18(15)25-19(23)24/h2-11H,1H3,(H,23,24). The van der Waals surface area contributed by atoms with Gasteiger partial charge in [0.2, 0.25) is 5.06 Å². The molecule has 132 valence electrons. The highest BCUT2D eigenvalue weighted by atomic mass is 35.5. The predicted molar refractivity (Wildman–Crippen MR) is 103 cm³/mol. The molecule has 5 nitrogen and oxygen atoms in total. The zero-order chi connectivity index (χ0) is 18.7. The van der Waals surface area contributed by atoms with Crippen LogP contribution < -0.4 is 9.64 Å². The maximum atomic E-state index is 12.7. The zero-order valence-corrected chi connectivity index (χ0v) is 15.3. The summed E-state index contributed by atoms with van der Waals surface area (Å²) in [5.74, 6) is -0.297. The van der Waals surface area contributed by atoms with Gasteiger partial charge in [-0.3, -0.25) is 4.79 Å². The summed E-state index contributed by atoms with van der Waals surface area (Å²) in [5.41, 5.74) is 1.73. The van der Waals surface area contributed by atoms with Crippen LogP contribution >= 0.6 is 22.9 Å². The van der Waals surface area contributed by atoms with Gasteiger partial charge in [-0.25, -0.2) is 4.79 Å². The maximum absolute atomic E-state index is 12.7. The third-order valence-electron chi connectivity index (χ3n) is 3.68. The molecular formula is C19H14ClNO4S. The number of ether oxygens (including phenoxy) is 1. The number of halogens is 1. The van der Waals surface area contributed by atoms with Crippen molar-refractivity contribution < 1.29 is 19.4 Å². The van der Waals surface area contributed by atoms with E-state index in [0.29, 0.717) is 16.3 Å². The number of carbonyl (C=O) groups excluding carboxylic acids is 1. The molecule has 0 saturated heterocycles. The Hall–Kier alpha value is -2.83. The number of anilines is 1. The van der Waals surface area contributed by atoms with Gasteiger partial charge in [-0.2, -0.15) is 0 Å². The minimum absolute atomic E-state index is 0.140. The van der Waals surface area contributed by atoms with E-state index in [2.05, 4.69) is 0 Å². The van der Waals surface area contributed by atoms with Crippen molar-refractivity contribution in [2.45, 2.75) is 0 Å². The Kier molecular flexibility index (Phi) is 5.25. The van der Waals surface area contributed by atoms with Crippen LogP contribution in [0, 0.1) is 0 Å². The van der Waals surface area contributed by atoms with Gasteiger partial charge in [-0.15, -0.1) is 0 Å². The Balaban J connectivity index is 1.98. The van der Waals surface area contributed by atoms with Gasteiger partial charge in [0, 0.05) is 22.5 Å². The molecule has 0 spiro atoms. The molecule has 26 heavy (non-hydrogen) atoms. The van der Waals surface area contributed by atoms with E-state index in [0.717, 1.165) is 10.4 Å². The first-order valence-corrected chi connectivity index (χ1v) is 8.79. The number of carboxylic acid groups (broad SMARTS) is 1. The lowest BCUT2D eigenvalue weighted by Crippen LogP contribution is -2.26. The number of benzene rings is 2. The summed E-state index contributed by atoms with van der Waals surface area (Å²) >= 11 is 7.02. The molecule has 0 bridgehead atoms. The molecule has 3 aromatic rings. The topological polar surface area (TPSA) is 66.8 Å². The summed E-state index contributed by atoms with van der Waals surface area (Å²) in [5, 5.41) is 9.67. The summed E-state index contributed by atoms with van der Waals surface area (Å²) in [6.45, 7) is 0. The molecule has 7 heteroatoms. The van der Waals surface area contributed by atoms with Crippen molar-refractivity contribution in [2.75, 3.05) is 11.9 Å². The first-order chi connectivity index (χ1) is 12.5. The fraction of sp³-hybridized carbons (Fsp3) is 0.0526. The van der Waals surface area contributed by atoms with Crippen molar-refractivity contribution in [2.24, 2.45) is 0 Å². The third-order valence-corrected chi connectivity index (χ3v) is 4.98. The second-order valence-electron chi connectivity index (χ2n) is 5.39. The largest absolute Gasteiger partial charge is 0.512 e. The summed E-state index contributed by atoms with van der Waals surface area (Å²) in [4.78, 5) is 25.9. The van der Waals surface area contributed by atoms with Crippen LogP contribution in [-0.2, 0) is 0 Å². The van der Waals surface area contributed by atoms with E-state index in [1.165, 1.54) is 16.2 Å². The number of amides is 1. The molecule has 1 heterocycles. The van der Waals surface area contributed by atoms with E-state index in [1.54, 1.807) is 37.4 Å². The zero-order valence-electron chi connectivity index (χ0n) is 13.7. The van der Waals surface area contributed by atoms with E-state index >= 15 is 0 Å². The Morgan fingerprint density at radius 3 is 2.35 bits per heavy atom. The van der Waals surface area contributed by atoms with Gasteiger partial charge in [0.15, 0.2) is 0 Å². The molecule has 1 N–H and O–H groups in total. The summed E-state index contributed by atoms with van der Waals surface area (Å²) in [6.07, 6.45) is -1.43. The van der Waals surface area contributed by atoms with Gasteiger partial charge in [-0.05, 0) is 35.9 Å². The fourth-order valence-electron chi connectivity index (χ4n) is 2.39. The number of hydrogen-bond donors (Lipinski definition) is 1. The average Bonchev–Trinajstić information content (AvgIpc) is 3.05. The maximum Gasteiger partial charge on any atom is 0.512 e. The molecule has 1 aromatic heterocycles. The van der Waals surface area contributed by atoms with Crippen LogP contribution in [0.1, 0.15) is 10.4 Å². The van der Waals surface area contributed by atoms with Crippen molar-refractivity contribution in [1.29, 1.82) is 0 Å². The van der Waals surface area contributed by atoms with Gasteiger partial charge in [0.05, 0.1) is 5.69 Å². The van der Waals surface area contributed by atoms with E-state index in [9.17, 15) is 9.59 Å². The molecule has 0 aliphatic carbocycles. The summed E-state index contributed by atoms with van der Waals surface area (Å²) in [6, 6.07) is 17.7. The summed E-state index contributed by atoms with van der Waals surface area (Å²) < 4.78 is 4.89. The molecular weight excluding hydrogens is 374 g/mol. The Morgan fingerprint density at radius 1 is 1.08 bits per heavy atom. The van der Waals surface area contributed by atoms with Gasteiger partial charge in [-0.1, -0.05) is 53.3 Å². The lowest BCUT2D eigenvalue weighted by atomic mass is 10.1. The van der Waals surface area contributed by atoms with Gasteiger partial charge in [0.1, 0.15) is 0 Å². The molecule has 3 rings (SSSR count). The monoisotopic (exact) mass is 387 g/mol. The molecule has 0 saturated carbocycles. The van der Waals surface area contributed by atoms with E-state index in [1.807, 2.05) is 30.3 Å². The van der Waals surface area contributed by atoms with Gasteiger partial charge >= 0.3 is 6.16 Å². The van der Waals surface area contributed by atoms with Crippen molar-refractivity contribution in [3.63, 3.8) is 0 Å². The minimum atomic E-state index is -1.43. The van der Waals surface area contributed by atoms with Crippen LogP contribution in [0.15, 0.2) is 60.7 Å². The first kappa shape index (κ1) is 18.0. The van der Waals surface area contributed by atoms with E-state index in [-0.39, 0.29) is 11.0 Å². The van der Waals surface area contributed by atoms with Crippen molar-refractivity contribution in [3.8, 4) is 15.5 Å². The third kappa shape index (κ3) is 3.87. The molecule has 0 atom stereocenters. The van der Waals surface area contributed by atoms with Crippen molar-refractivity contribution in [1.82, 2.24) is 0 Å².